The number of nitrogen functional groups attached to an aromatic ring is 1. The van der Waals surface area contributed by atoms with Crippen molar-refractivity contribution in [2.24, 2.45) is 0 Å². The minimum Gasteiger partial charge on any atom is -0.495 e. The topological polar surface area (TPSA) is 38.5 Å². The van der Waals surface area contributed by atoms with Crippen LogP contribution in [0.3, 0.4) is 0 Å². The highest BCUT2D eigenvalue weighted by Gasteiger charge is 2.12. The average Bonchev–Trinajstić information content (AvgIpc) is 2.38. The Morgan fingerprint density at radius 3 is 2.47 bits per heavy atom. The quantitative estimate of drug-likeness (QED) is 0.865. The monoisotopic (exact) mass is 320 g/mol. The minimum atomic E-state index is 0.754. The van der Waals surface area contributed by atoms with E-state index in [1.54, 1.807) is 7.11 Å². The van der Waals surface area contributed by atoms with Gasteiger partial charge >= 0.3 is 0 Å². The molecule has 0 fully saturated rings. The van der Waals surface area contributed by atoms with Crippen molar-refractivity contribution in [1.82, 2.24) is 0 Å². The van der Waals surface area contributed by atoms with E-state index in [9.17, 15) is 0 Å². The molecule has 0 unspecified atom stereocenters. The van der Waals surface area contributed by atoms with Gasteiger partial charge in [-0.2, -0.15) is 0 Å². The highest BCUT2D eigenvalue weighted by Crippen LogP contribution is 2.37. The predicted molar refractivity (Wildman–Crippen MR) is 84.3 cm³/mol. The molecule has 0 aliphatic heterocycles. The fraction of sp³-hybridized carbons (Fsp3) is 0.200. The predicted octanol–water partition coefficient (Wildman–Crippen LogP) is 4.12. The summed E-state index contributed by atoms with van der Waals surface area (Å²) in [5.41, 5.74) is 9.92. The number of aryl methyl sites for hydroxylation is 1. The molecule has 0 amide bonds. The van der Waals surface area contributed by atoms with E-state index < -0.39 is 0 Å². The van der Waals surface area contributed by atoms with Crippen LogP contribution in [0.4, 0.5) is 17.1 Å². The van der Waals surface area contributed by atoms with Gasteiger partial charge in [0.1, 0.15) is 5.75 Å². The Balaban J connectivity index is 2.49. The van der Waals surface area contributed by atoms with Crippen LogP contribution in [0.15, 0.2) is 40.9 Å². The number of anilines is 3. The van der Waals surface area contributed by atoms with E-state index in [-0.39, 0.29) is 0 Å². The Morgan fingerprint density at radius 2 is 1.84 bits per heavy atom. The maximum atomic E-state index is 6.10. The fourth-order valence-corrected chi connectivity index (χ4v) is 2.38. The molecule has 0 heterocycles. The first kappa shape index (κ1) is 13.7. The van der Waals surface area contributed by atoms with Gasteiger partial charge in [-0.25, -0.2) is 0 Å². The molecular weight excluding hydrogens is 304 g/mol. The molecule has 3 nitrogen and oxygen atoms in total. The summed E-state index contributed by atoms with van der Waals surface area (Å²) in [6.45, 7) is 2.03. The molecule has 2 aromatic carbocycles. The molecule has 0 saturated carbocycles. The SMILES string of the molecule is COc1ccc(Br)cc1N(C)c1ccc(C)cc1N. The molecule has 2 aromatic rings. The largest absolute Gasteiger partial charge is 0.495 e. The molecule has 0 aliphatic rings. The van der Waals surface area contributed by atoms with Gasteiger partial charge in [-0.15, -0.1) is 0 Å². The Morgan fingerprint density at radius 1 is 1.11 bits per heavy atom. The summed E-state index contributed by atoms with van der Waals surface area (Å²) in [6.07, 6.45) is 0. The van der Waals surface area contributed by atoms with E-state index >= 15 is 0 Å². The van der Waals surface area contributed by atoms with Crippen molar-refractivity contribution in [1.29, 1.82) is 0 Å². The number of benzene rings is 2. The maximum absolute atomic E-state index is 6.10. The summed E-state index contributed by atoms with van der Waals surface area (Å²) < 4.78 is 6.40. The third-order valence-corrected chi connectivity index (χ3v) is 3.54. The molecule has 0 radical (unpaired) electrons. The van der Waals surface area contributed by atoms with Crippen molar-refractivity contribution in [3.8, 4) is 5.75 Å². The number of hydrogen-bond acceptors (Lipinski definition) is 3. The van der Waals surface area contributed by atoms with Crippen molar-refractivity contribution in [2.75, 3.05) is 24.8 Å². The Bertz CT molecular complexity index is 599. The Labute approximate surface area is 122 Å². The normalized spacial score (nSPS) is 10.3. The molecule has 0 aliphatic carbocycles. The third-order valence-electron chi connectivity index (χ3n) is 3.05. The van der Waals surface area contributed by atoms with Crippen LogP contribution in [-0.4, -0.2) is 14.2 Å². The van der Waals surface area contributed by atoms with Crippen molar-refractivity contribution in [3.05, 3.63) is 46.4 Å². The number of methoxy groups -OCH3 is 1. The van der Waals surface area contributed by atoms with Gasteiger partial charge in [0.05, 0.1) is 24.2 Å². The van der Waals surface area contributed by atoms with Crippen molar-refractivity contribution in [3.63, 3.8) is 0 Å². The van der Waals surface area contributed by atoms with E-state index in [0.29, 0.717) is 0 Å². The third kappa shape index (κ3) is 2.84. The number of rotatable bonds is 3. The van der Waals surface area contributed by atoms with E-state index in [1.165, 1.54) is 0 Å². The molecule has 19 heavy (non-hydrogen) atoms. The van der Waals surface area contributed by atoms with Crippen LogP contribution in [0, 0.1) is 6.92 Å². The van der Waals surface area contributed by atoms with Crippen LogP contribution < -0.4 is 15.4 Å². The fourth-order valence-electron chi connectivity index (χ4n) is 2.03. The van der Waals surface area contributed by atoms with Gasteiger partial charge in [0.2, 0.25) is 0 Å². The lowest BCUT2D eigenvalue weighted by atomic mass is 10.1. The zero-order chi connectivity index (χ0) is 14.0. The standard InChI is InChI=1S/C15H17BrN2O/c1-10-4-6-13(12(17)8-10)18(2)14-9-11(16)5-7-15(14)19-3/h4-9H,17H2,1-3H3. The molecule has 0 atom stereocenters. The van der Waals surface area contributed by atoms with Crippen LogP contribution in [-0.2, 0) is 0 Å². The number of nitrogens with two attached hydrogens (primary N) is 1. The Hall–Kier alpha value is -1.68. The Kier molecular flexibility index (Phi) is 4.00. The minimum absolute atomic E-state index is 0.754. The first-order valence-corrected chi connectivity index (χ1v) is 6.75. The lowest BCUT2D eigenvalue weighted by molar-refractivity contribution is 0.415. The van der Waals surface area contributed by atoms with Gasteiger partial charge < -0.3 is 15.4 Å². The van der Waals surface area contributed by atoms with Gasteiger partial charge in [0.15, 0.2) is 0 Å². The molecule has 0 saturated heterocycles. The van der Waals surface area contributed by atoms with Gasteiger partial charge in [0, 0.05) is 11.5 Å². The highest BCUT2D eigenvalue weighted by atomic mass is 79.9. The van der Waals surface area contributed by atoms with Gasteiger partial charge in [0.25, 0.3) is 0 Å². The molecule has 100 valence electrons. The van der Waals surface area contributed by atoms with Crippen LogP contribution in [0.2, 0.25) is 0 Å². The zero-order valence-electron chi connectivity index (χ0n) is 11.3. The summed E-state index contributed by atoms with van der Waals surface area (Å²) in [6, 6.07) is 11.9. The van der Waals surface area contributed by atoms with Crippen LogP contribution in [0.5, 0.6) is 5.75 Å². The van der Waals surface area contributed by atoms with E-state index in [0.717, 1.165) is 32.8 Å². The van der Waals surface area contributed by atoms with Crippen LogP contribution in [0.25, 0.3) is 0 Å². The highest BCUT2D eigenvalue weighted by molar-refractivity contribution is 9.10. The summed E-state index contributed by atoms with van der Waals surface area (Å²) >= 11 is 3.48. The first-order valence-electron chi connectivity index (χ1n) is 5.96. The number of halogens is 1. The maximum Gasteiger partial charge on any atom is 0.142 e. The zero-order valence-corrected chi connectivity index (χ0v) is 12.9. The van der Waals surface area contributed by atoms with E-state index in [4.69, 9.17) is 10.5 Å². The van der Waals surface area contributed by atoms with Crippen molar-refractivity contribution in [2.45, 2.75) is 6.92 Å². The summed E-state index contributed by atoms with van der Waals surface area (Å²) in [5.74, 6) is 0.811. The lowest BCUT2D eigenvalue weighted by Crippen LogP contribution is -2.12. The second kappa shape index (κ2) is 5.53. The van der Waals surface area contributed by atoms with Crippen molar-refractivity contribution >= 4 is 33.0 Å². The smallest absolute Gasteiger partial charge is 0.142 e. The van der Waals surface area contributed by atoms with Crippen molar-refractivity contribution < 1.29 is 4.74 Å². The molecule has 4 heteroatoms. The van der Waals surface area contributed by atoms with Gasteiger partial charge in [-0.3, -0.25) is 0 Å². The van der Waals surface area contributed by atoms with E-state index in [2.05, 4.69) is 15.9 Å². The second-order valence-corrected chi connectivity index (χ2v) is 5.35. The molecule has 0 bridgehead atoms. The molecule has 0 aromatic heterocycles. The molecule has 2 N–H and O–H groups in total. The number of ether oxygens (including phenoxy) is 1. The number of hydrogen-bond donors (Lipinski definition) is 1. The first-order chi connectivity index (χ1) is 9.02. The summed E-state index contributed by atoms with van der Waals surface area (Å²) in [4.78, 5) is 2.03. The number of nitrogens with zero attached hydrogens (tertiary/aromatic N) is 1. The van der Waals surface area contributed by atoms with Gasteiger partial charge in [-0.05, 0) is 42.8 Å². The molecular formula is C15H17BrN2O. The van der Waals surface area contributed by atoms with E-state index in [1.807, 2.05) is 55.3 Å². The average molecular weight is 321 g/mol. The molecule has 2 rings (SSSR count). The summed E-state index contributed by atoms with van der Waals surface area (Å²) in [7, 11) is 3.64. The molecule has 0 spiro atoms. The van der Waals surface area contributed by atoms with Crippen LogP contribution in [0.1, 0.15) is 5.56 Å². The lowest BCUT2D eigenvalue weighted by Gasteiger charge is -2.23. The van der Waals surface area contributed by atoms with Gasteiger partial charge in [-0.1, -0.05) is 22.0 Å². The van der Waals surface area contributed by atoms with Crippen LogP contribution >= 0.6 is 15.9 Å². The second-order valence-electron chi connectivity index (χ2n) is 4.44. The summed E-state index contributed by atoms with van der Waals surface area (Å²) in [5, 5.41) is 0.